The molecule has 0 bridgehead atoms. The van der Waals surface area contributed by atoms with Crippen LogP contribution in [0.4, 0.5) is 5.69 Å². The molecule has 3 rings (SSSR count). The second-order valence-electron chi connectivity index (χ2n) is 5.54. The molecule has 0 amide bonds. The van der Waals surface area contributed by atoms with E-state index in [0.717, 1.165) is 18.6 Å². The number of hydrogen-bond acceptors (Lipinski definition) is 3. The Labute approximate surface area is 131 Å². The van der Waals surface area contributed by atoms with E-state index in [4.69, 9.17) is 0 Å². The lowest BCUT2D eigenvalue weighted by atomic mass is 10.1. The van der Waals surface area contributed by atoms with Gasteiger partial charge < -0.3 is 10.6 Å². The zero-order valence-electron chi connectivity index (χ0n) is 13.1. The third-order valence-corrected chi connectivity index (χ3v) is 3.81. The molecule has 0 atom stereocenters. The van der Waals surface area contributed by atoms with Crippen molar-refractivity contribution in [2.45, 2.75) is 20.0 Å². The number of pyridine rings is 1. The maximum atomic E-state index is 4.49. The fraction of sp³-hybridized carbons (Fsp3) is 0.211. The molecule has 0 aliphatic rings. The largest absolute Gasteiger partial charge is 0.380 e. The maximum Gasteiger partial charge on any atom is 0.0722 e. The number of hydrogen-bond donors (Lipinski definition) is 2. The van der Waals surface area contributed by atoms with E-state index in [9.17, 15) is 0 Å². The Morgan fingerprint density at radius 1 is 0.955 bits per heavy atom. The van der Waals surface area contributed by atoms with Crippen LogP contribution < -0.4 is 10.6 Å². The first-order valence-electron chi connectivity index (χ1n) is 7.58. The molecular weight excluding hydrogens is 270 g/mol. The molecule has 1 heterocycles. The highest BCUT2D eigenvalue weighted by atomic mass is 14.9. The molecule has 1 aromatic heterocycles. The molecule has 0 saturated carbocycles. The van der Waals surface area contributed by atoms with E-state index in [1.165, 1.54) is 27.8 Å². The van der Waals surface area contributed by atoms with Gasteiger partial charge in [-0.1, -0.05) is 42.5 Å². The fourth-order valence-corrected chi connectivity index (χ4v) is 2.72. The SMILES string of the molecule is CNCc1cccc(CNc2c(C)cnc3ccccc23)c1. The molecule has 0 saturated heterocycles. The number of benzene rings is 2. The van der Waals surface area contributed by atoms with Gasteiger partial charge in [0, 0.05) is 30.4 Å². The van der Waals surface area contributed by atoms with Crippen LogP contribution in [0, 0.1) is 6.92 Å². The van der Waals surface area contributed by atoms with Crippen molar-refractivity contribution in [1.82, 2.24) is 10.3 Å². The van der Waals surface area contributed by atoms with Crippen molar-refractivity contribution in [2.24, 2.45) is 0 Å². The smallest absolute Gasteiger partial charge is 0.0722 e. The minimum absolute atomic E-state index is 0.812. The first-order chi connectivity index (χ1) is 10.8. The Morgan fingerprint density at radius 2 is 1.73 bits per heavy atom. The third-order valence-electron chi connectivity index (χ3n) is 3.81. The number of nitrogens with zero attached hydrogens (tertiary/aromatic N) is 1. The Balaban J connectivity index is 1.85. The van der Waals surface area contributed by atoms with Crippen LogP contribution in [0.5, 0.6) is 0 Å². The van der Waals surface area contributed by atoms with Crippen molar-refractivity contribution >= 4 is 16.6 Å². The minimum atomic E-state index is 0.812. The summed E-state index contributed by atoms with van der Waals surface area (Å²) in [6.07, 6.45) is 1.93. The average molecular weight is 291 g/mol. The van der Waals surface area contributed by atoms with Crippen molar-refractivity contribution in [3.63, 3.8) is 0 Å². The average Bonchev–Trinajstić information content (AvgIpc) is 2.55. The second-order valence-corrected chi connectivity index (χ2v) is 5.54. The lowest BCUT2D eigenvalue weighted by Gasteiger charge is -2.13. The first-order valence-corrected chi connectivity index (χ1v) is 7.58. The van der Waals surface area contributed by atoms with Crippen molar-refractivity contribution in [3.8, 4) is 0 Å². The summed E-state index contributed by atoms with van der Waals surface area (Å²) in [6, 6.07) is 16.9. The fourth-order valence-electron chi connectivity index (χ4n) is 2.72. The van der Waals surface area contributed by atoms with E-state index in [1.54, 1.807) is 0 Å². The lowest BCUT2D eigenvalue weighted by Crippen LogP contribution is -2.06. The van der Waals surface area contributed by atoms with Crippen LogP contribution in [0.15, 0.2) is 54.7 Å². The van der Waals surface area contributed by atoms with Crippen LogP contribution in [0.25, 0.3) is 10.9 Å². The number of aryl methyl sites for hydroxylation is 1. The Morgan fingerprint density at radius 3 is 2.55 bits per heavy atom. The van der Waals surface area contributed by atoms with Crippen molar-refractivity contribution < 1.29 is 0 Å². The maximum absolute atomic E-state index is 4.49. The van der Waals surface area contributed by atoms with E-state index in [2.05, 4.69) is 58.9 Å². The molecule has 0 unspecified atom stereocenters. The molecule has 0 aliphatic heterocycles. The molecule has 0 aliphatic carbocycles. The topological polar surface area (TPSA) is 37.0 Å². The molecule has 0 radical (unpaired) electrons. The van der Waals surface area contributed by atoms with Crippen LogP contribution >= 0.6 is 0 Å². The number of rotatable bonds is 5. The van der Waals surface area contributed by atoms with Gasteiger partial charge in [0.2, 0.25) is 0 Å². The Hall–Kier alpha value is -2.39. The summed E-state index contributed by atoms with van der Waals surface area (Å²) in [5.74, 6) is 0. The van der Waals surface area contributed by atoms with Gasteiger partial charge in [-0.2, -0.15) is 0 Å². The van der Waals surface area contributed by atoms with Gasteiger partial charge in [0.25, 0.3) is 0 Å². The molecule has 3 nitrogen and oxygen atoms in total. The minimum Gasteiger partial charge on any atom is -0.380 e. The standard InChI is InChI=1S/C19H21N3/c1-14-11-21-18-9-4-3-8-17(18)19(14)22-13-16-7-5-6-15(10-16)12-20-2/h3-11,20H,12-13H2,1-2H3,(H,21,22). The second kappa shape index (κ2) is 6.58. The summed E-state index contributed by atoms with van der Waals surface area (Å²) < 4.78 is 0. The summed E-state index contributed by atoms with van der Waals surface area (Å²) in [5.41, 5.74) is 5.96. The summed E-state index contributed by atoms with van der Waals surface area (Å²) in [7, 11) is 1.97. The predicted molar refractivity (Wildman–Crippen MR) is 93.0 cm³/mol. The van der Waals surface area contributed by atoms with Crippen LogP contribution in [0.1, 0.15) is 16.7 Å². The van der Waals surface area contributed by atoms with Gasteiger partial charge in [-0.15, -0.1) is 0 Å². The summed E-state index contributed by atoms with van der Waals surface area (Å²) in [6.45, 7) is 3.80. The number of nitrogens with one attached hydrogen (secondary N) is 2. The molecule has 22 heavy (non-hydrogen) atoms. The monoisotopic (exact) mass is 291 g/mol. The summed E-state index contributed by atoms with van der Waals surface area (Å²) in [5, 5.41) is 7.95. The summed E-state index contributed by atoms with van der Waals surface area (Å²) in [4.78, 5) is 4.49. The Bertz CT molecular complexity index is 780. The van der Waals surface area contributed by atoms with Gasteiger partial charge in [0.1, 0.15) is 0 Å². The van der Waals surface area contributed by atoms with Gasteiger partial charge in [-0.05, 0) is 36.7 Å². The molecule has 3 aromatic rings. The van der Waals surface area contributed by atoms with Crippen LogP contribution in [-0.4, -0.2) is 12.0 Å². The van der Waals surface area contributed by atoms with E-state index in [-0.39, 0.29) is 0 Å². The van der Waals surface area contributed by atoms with E-state index >= 15 is 0 Å². The number of para-hydroxylation sites is 1. The van der Waals surface area contributed by atoms with Gasteiger partial charge in [-0.25, -0.2) is 0 Å². The van der Waals surface area contributed by atoms with Gasteiger partial charge in [-0.3, -0.25) is 4.98 Å². The predicted octanol–water partition coefficient (Wildman–Crippen LogP) is 3.87. The van der Waals surface area contributed by atoms with Crippen LogP contribution in [0.3, 0.4) is 0 Å². The number of fused-ring (bicyclic) bond motifs is 1. The summed E-state index contributed by atoms with van der Waals surface area (Å²) >= 11 is 0. The van der Waals surface area contributed by atoms with Crippen LogP contribution in [0.2, 0.25) is 0 Å². The number of anilines is 1. The molecule has 3 heteroatoms. The van der Waals surface area contributed by atoms with Crippen molar-refractivity contribution in [2.75, 3.05) is 12.4 Å². The number of aromatic nitrogens is 1. The molecule has 0 fully saturated rings. The molecule has 0 spiro atoms. The third kappa shape index (κ3) is 3.10. The highest BCUT2D eigenvalue weighted by molar-refractivity contribution is 5.92. The Kier molecular flexibility index (Phi) is 4.35. The van der Waals surface area contributed by atoms with Crippen molar-refractivity contribution in [1.29, 1.82) is 0 Å². The molecule has 2 N–H and O–H groups in total. The highest BCUT2D eigenvalue weighted by Crippen LogP contribution is 2.25. The lowest BCUT2D eigenvalue weighted by molar-refractivity contribution is 0.816. The normalized spacial score (nSPS) is 10.8. The van der Waals surface area contributed by atoms with Crippen LogP contribution in [-0.2, 0) is 13.1 Å². The highest BCUT2D eigenvalue weighted by Gasteiger charge is 2.05. The molecule has 112 valence electrons. The van der Waals surface area contributed by atoms with E-state index < -0.39 is 0 Å². The zero-order chi connectivity index (χ0) is 15.4. The van der Waals surface area contributed by atoms with Crippen molar-refractivity contribution in [3.05, 3.63) is 71.4 Å². The quantitative estimate of drug-likeness (QED) is 0.749. The van der Waals surface area contributed by atoms with Gasteiger partial charge in [0.15, 0.2) is 0 Å². The molecular formula is C19H21N3. The van der Waals surface area contributed by atoms with E-state index in [0.29, 0.717) is 0 Å². The van der Waals surface area contributed by atoms with E-state index in [1.807, 2.05) is 25.4 Å². The van der Waals surface area contributed by atoms with Gasteiger partial charge >= 0.3 is 0 Å². The first kappa shape index (κ1) is 14.5. The molecule has 2 aromatic carbocycles. The van der Waals surface area contributed by atoms with Gasteiger partial charge in [0.05, 0.1) is 5.52 Å². The zero-order valence-corrected chi connectivity index (χ0v) is 13.1.